The van der Waals surface area contributed by atoms with Gasteiger partial charge in [0, 0.05) is 6.08 Å². The van der Waals surface area contributed by atoms with E-state index >= 15 is 0 Å². The molecular weight excluding hydrogens is 226 g/mol. The van der Waals surface area contributed by atoms with E-state index < -0.39 is 0 Å². The van der Waals surface area contributed by atoms with E-state index in [0.717, 1.165) is 29.9 Å². The first-order chi connectivity index (χ1) is 8.79. The molecule has 0 atom stereocenters. The third-order valence-corrected chi connectivity index (χ3v) is 1.80. The fourth-order valence-corrected chi connectivity index (χ4v) is 1.12. The maximum absolute atomic E-state index is 9.33. The van der Waals surface area contributed by atoms with E-state index in [9.17, 15) is 4.79 Å². The van der Waals surface area contributed by atoms with Crippen molar-refractivity contribution < 1.29 is 9.53 Å². The topological polar surface area (TPSA) is 50.1 Å². The molecule has 1 aromatic rings. The van der Waals surface area contributed by atoms with Crippen LogP contribution < -0.4 is 4.74 Å². The maximum atomic E-state index is 9.33. The lowest BCUT2D eigenvalue weighted by molar-refractivity contribution is -0.104. The first-order valence-corrected chi connectivity index (χ1v) is 5.26. The van der Waals surface area contributed by atoms with E-state index in [-0.39, 0.29) is 0 Å². The molecule has 1 aromatic carbocycles. The Morgan fingerprint density at radius 1 is 1.33 bits per heavy atom. The monoisotopic (exact) mass is 241 g/mol. The molecule has 1 rings (SSSR count). The van der Waals surface area contributed by atoms with Crippen molar-refractivity contribution in [3.63, 3.8) is 0 Å². The number of para-hydroxylation sites is 1. The highest BCUT2D eigenvalue weighted by Gasteiger charge is 1.97. The summed E-state index contributed by atoms with van der Waals surface area (Å²) in [7, 11) is 0. The van der Waals surface area contributed by atoms with Crippen LogP contribution in [0.3, 0.4) is 0 Å². The molecule has 0 saturated heterocycles. The molecular formula is C15H15NO2. The van der Waals surface area contributed by atoms with Crippen molar-refractivity contribution in [3.8, 4) is 11.8 Å². The zero-order valence-electron chi connectivity index (χ0n) is 10.1. The average molecular weight is 241 g/mol. The molecule has 3 heteroatoms. The second-order valence-electron chi connectivity index (χ2n) is 3.01. The number of benzene rings is 1. The number of rotatable bonds is 5. The Kier molecular flexibility index (Phi) is 9.33. The zero-order chi connectivity index (χ0) is 13.6. The average Bonchev–Trinajstić information content (AvgIpc) is 2.40. The molecule has 0 spiro atoms. The van der Waals surface area contributed by atoms with Crippen LogP contribution in [0.2, 0.25) is 0 Å². The number of ether oxygens (including phenoxy) is 1. The number of nitrogens with zero attached hydrogens (tertiary/aromatic N) is 1. The summed E-state index contributed by atoms with van der Waals surface area (Å²) in [5.74, 6) is 0.854. The van der Waals surface area contributed by atoms with Crippen molar-refractivity contribution in [2.45, 2.75) is 6.42 Å². The number of nitriles is 1. The van der Waals surface area contributed by atoms with Gasteiger partial charge in [-0.3, -0.25) is 4.79 Å². The van der Waals surface area contributed by atoms with Crippen molar-refractivity contribution >= 4 is 6.29 Å². The summed E-state index contributed by atoms with van der Waals surface area (Å²) in [5.41, 5.74) is 1.13. The van der Waals surface area contributed by atoms with Crippen LogP contribution in [0.4, 0.5) is 0 Å². The fourth-order valence-electron chi connectivity index (χ4n) is 1.12. The lowest BCUT2D eigenvalue weighted by Gasteiger charge is -2.04. The largest absolute Gasteiger partial charge is 0.465 e. The molecule has 0 aliphatic carbocycles. The fraction of sp³-hybridized carbons (Fsp3) is 0.0667. The van der Waals surface area contributed by atoms with Gasteiger partial charge in [-0.05, 0) is 24.1 Å². The van der Waals surface area contributed by atoms with Crippen molar-refractivity contribution in [3.05, 3.63) is 67.5 Å². The van der Waals surface area contributed by atoms with E-state index in [1.807, 2.05) is 30.3 Å². The SMILES string of the molecule is C=CCc1ccccc1OC=C.N#CC=CC=O. The van der Waals surface area contributed by atoms with Crippen LogP contribution >= 0.6 is 0 Å². The quantitative estimate of drug-likeness (QED) is 0.261. The minimum Gasteiger partial charge on any atom is -0.465 e. The van der Waals surface area contributed by atoms with Gasteiger partial charge in [-0.1, -0.05) is 30.9 Å². The molecule has 0 N–H and O–H groups in total. The molecule has 0 aliphatic heterocycles. The highest BCUT2D eigenvalue weighted by Crippen LogP contribution is 2.18. The molecule has 0 unspecified atom stereocenters. The van der Waals surface area contributed by atoms with Gasteiger partial charge in [0.1, 0.15) is 12.0 Å². The molecule has 3 nitrogen and oxygen atoms in total. The third-order valence-electron chi connectivity index (χ3n) is 1.80. The molecule has 18 heavy (non-hydrogen) atoms. The summed E-state index contributed by atoms with van der Waals surface area (Å²) in [4.78, 5) is 9.33. The Balaban J connectivity index is 0.000000411. The van der Waals surface area contributed by atoms with E-state index in [1.165, 1.54) is 6.26 Å². The van der Waals surface area contributed by atoms with Crippen LogP contribution in [0.5, 0.6) is 5.75 Å². The van der Waals surface area contributed by atoms with Crippen LogP contribution in [0.1, 0.15) is 5.56 Å². The summed E-state index contributed by atoms with van der Waals surface area (Å²) in [6, 6.07) is 9.51. The van der Waals surface area contributed by atoms with E-state index in [2.05, 4.69) is 13.2 Å². The Bertz CT molecular complexity index is 427. The van der Waals surface area contributed by atoms with Crippen molar-refractivity contribution in [2.24, 2.45) is 0 Å². The molecule has 0 amide bonds. The lowest BCUT2D eigenvalue weighted by Crippen LogP contribution is -1.88. The zero-order valence-corrected chi connectivity index (χ0v) is 10.1. The molecule has 0 aromatic heterocycles. The summed E-state index contributed by atoms with van der Waals surface area (Å²) in [6.07, 6.45) is 6.92. The van der Waals surface area contributed by atoms with Gasteiger partial charge < -0.3 is 4.74 Å². The van der Waals surface area contributed by atoms with E-state index in [0.29, 0.717) is 6.29 Å². The minimum absolute atomic E-state index is 0.559. The molecule has 0 heterocycles. The van der Waals surface area contributed by atoms with Gasteiger partial charge >= 0.3 is 0 Å². The highest BCUT2D eigenvalue weighted by atomic mass is 16.5. The van der Waals surface area contributed by atoms with Crippen LogP contribution in [-0.2, 0) is 11.2 Å². The molecule has 0 saturated carbocycles. The van der Waals surface area contributed by atoms with Crippen molar-refractivity contribution in [1.29, 1.82) is 5.26 Å². The Hall–Kier alpha value is -2.60. The number of aldehydes is 1. The summed E-state index contributed by atoms with van der Waals surface area (Å²) in [5, 5.41) is 7.70. The Morgan fingerprint density at radius 2 is 2.06 bits per heavy atom. The highest BCUT2D eigenvalue weighted by molar-refractivity contribution is 5.65. The van der Waals surface area contributed by atoms with Gasteiger partial charge in [0.15, 0.2) is 0 Å². The second kappa shape index (κ2) is 10.9. The second-order valence-corrected chi connectivity index (χ2v) is 3.01. The van der Waals surface area contributed by atoms with E-state index in [1.54, 1.807) is 6.07 Å². The molecule has 0 aliphatic rings. The predicted octanol–water partition coefficient (Wildman–Crippen LogP) is 3.20. The standard InChI is InChI=1S/C11H12O.C4H3NO/c1-3-7-10-8-5-6-9-11(10)12-4-2;5-3-1-2-4-6/h3-6,8-9H,1-2,7H2;1-2,4H. The van der Waals surface area contributed by atoms with Gasteiger partial charge in [0.25, 0.3) is 0 Å². The maximum Gasteiger partial charge on any atom is 0.143 e. The number of carbonyl (C=O) groups excluding carboxylic acids is 1. The summed E-state index contributed by atoms with van der Waals surface area (Å²) in [6.45, 7) is 7.18. The van der Waals surface area contributed by atoms with E-state index in [4.69, 9.17) is 10.00 Å². The van der Waals surface area contributed by atoms with Gasteiger partial charge in [-0.15, -0.1) is 6.58 Å². The normalized spacial score (nSPS) is 8.61. The molecule has 0 fully saturated rings. The third kappa shape index (κ3) is 6.81. The summed E-state index contributed by atoms with van der Waals surface area (Å²) >= 11 is 0. The van der Waals surface area contributed by atoms with Gasteiger partial charge in [-0.2, -0.15) is 5.26 Å². The first kappa shape index (κ1) is 15.4. The molecule has 0 radical (unpaired) electrons. The van der Waals surface area contributed by atoms with Crippen LogP contribution in [0.15, 0.2) is 61.9 Å². The smallest absolute Gasteiger partial charge is 0.143 e. The van der Waals surface area contributed by atoms with Gasteiger partial charge in [0.2, 0.25) is 0 Å². The van der Waals surface area contributed by atoms with Crippen molar-refractivity contribution in [2.75, 3.05) is 0 Å². The number of carbonyl (C=O) groups is 1. The van der Waals surface area contributed by atoms with Crippen molar-refractivity contribution in [1.82, 2.24) is 0 Å². The number of hydrogen-bond donors (Lipinski definition) is 0. The van der Waals surface area contributed by atoms with Gasteiger partial charge in [-0.25, -0.2) is 0 Å². The molecule has 92 valence electrons. The van der Waals surface area contributed by atoms with Crippen LogP contribution in [0.25, 0.3) is 0 Å². The Labute approximate surface area is 107 Å². The first-order valence-electron chi connectivity index (χ1n) is 5.26. The number of allylic oxidation sites excluding steroid dienone is 3. The molecule has 0 bridgehead atoms. The predicted molar refractivity (Wildman–Crippen MR) is 72.0 cm³/mol. The Morgan fingerprint density at radius 3 is 2.56 bits per heavy atom. The summed E-state index contributed by atoms with van der Waals surface area (Å²) < 4.78 is 5.21. The van der Waals surface area contributed by atoms with Crippen LogP contribution in [-0.4, -0.2) is 6.29 Å². The van der Waals surface area contributed by atoms with Gasteiger partial charge in [0.05, 0.1) is 12.3 Å². The van der Waals surface area contributed by atoms with Crippen LogP contribution in [0, 0.1) is 11.3 Å². The minimum atomic E-state index is 0.559. The lowest BCUT2D eigenvalue weighted by atomic mass is 10.1. The number of hydrogen-bond acceptors (Lipinski definition) is 3.